The molecule has 2 aromatic carbocycles. The molecule has 0 unspecified atom stereocenters. The average molecular weight is 448 g/mol. The van der Waals surface area contributed by atoms with E-state index in [2.05, 4.69) is 33.2 Å². The normalized spacial score (nSPS) is 17.8. The number of allylic oxidation sites excluding steroid dienone is 1. The molecule has 2 heterocycles. The van der Waals surface area contributed by atoms with Gasteiger partial charge in [0.25, 0.3) is 5.89 Å². The van der Waals surface area contributed by atoms with Crippen molar-refractivity contribution in [2.75, 3.05) is 32.8 Å². The fourth-order valence-corrected chi connectivity index (χ4v) is 4.52. The molecule has 1 aromatic heterocycles. The van der Waals surface area contributed by atoms with Gasteiger partial charge in [0.2, 0.25) is 5.82 Å². The van der Waals surface area contributed by atoms with Gasteiger partial charge in [-0.2, -0.15) is 4.98 Å². The molecule has 1 atom stereocenters. The highest BCUT2D eigenvalue weighted by Gasteiger charge is 2.24. The number of β-amino-alcohol motifs (C(OH)–C–C–N with tert-alkyl or cyclic N) is 1. The average Bonchev–Trinajstić information content (AvgIpc) is 3.56. The topological polar surface area (TPSA) is 80.9 Å². The third kappa shape index (κ3) is 4.51. The summed E-state index contributed by atoms with van der Waals surface area (Å²) in [6, 6.07) is 12.0. The second-order valence-corrected chi connectivity index (χ2v) is 8.43. The second kappa shape index (κ2) is 9.37. The zero-order valence-electron chi connectivity index (χ0n) is 19.1. The van der Waals surface area contributed by atoms with E-state index in [0.29, 0.717) is 36.4 Å². The number of rotatable bonds is 8. The van der Waals surface area contributed by atoms with Crippen LogP contribution >= 0.6 is 0 Å². The van der Waals surface area contributed by atoms with E-state index < -0.39 is 0 Å². The smallest absolute Gasteiger partial charge is 0.258 e. The molecule has 2 aliphatic rings. The number of aliphatic hydroxyl groups excluding tert-OH is 1. The Labute approximate surface area is 193 Å². The molecule has 7 nitrogen and oxygen atoms in total. The maximum atomic E-state index is 9.84. The Morgan fingerprint density at radius 2 is 1.88 bits per heavy atom. The van der Waals surface area contributed by atoms with Gasteiger partial charge in [0.05, 0.1) is 19.3 Å². The molecule has 0 saturated carbocycles. The first-order chi connectivity index (χ1) is 16.1. The number of hydrogen-bond donors (Lipinski definition) is 1. The molecule has 0 spiro atoms. The fraction of sp³-hybridized carbons (Fsp3) is 0.385. The summed E-state index contributed by atoms with van der Waals surface area (Å²) < 4.78 is 17.0. The number of benzene rings is 2. The first kappa shape index (κ1) is 21.7. The van der Waals surface area contributed by atoms with Crippen molar-refractivity contribution in [3.63, 3.8) is 0 Å². The summed E-state index contributed by atoms with van der Waals surface area (Å²) in [5.74, 6) is 2.36. The van der Waals surface area contributed by atoms with E-state index in [0.717, 1.165) is 43.6 Å². The predicted octanol–water partition coefficient (Wildman–Crippen LogP) is 4.21. The lowest BCUT2D eigenvalue weighted by atomic mass is 10.0. The molecule has 3 aromatic rings. The number of ether oxygens (including phenoxy) is 2. The van der Waals surface area contributed by atoms with Gasteiger partial charge in [-0.1, -0.05) is 23.4 Å². The highest BCUT2D eigenvalue weighted by molar-refractivity contribution is 5.78. The van der Waals surface area contributed by atoms with E-state index in [1.807, 2.05) is 38.1 Å². The lowest BCUT2D eigenvalue weighted by molar-refractivity contribution is 0.180. The van der Waals surface area contributed by atoms with Crippen LogP contribution in [-0.2, 0) is 6.42 Å². The van der Waals surface area contributed by atoms with Gasteiger partial charge in [-0.25, -0.2) is 0 Å². The molecule has 0 amide bonds. The zero-order chi connectivity index (χ0) is 22.8. The minimum atomic E-state index is -0.207. The molecule has 1 N–H and O–H groups in total. The van der Waals surface area contributed by atoms with Crippen LogP contribution in [0.3, 0.4) is 0 Å². The van der Waals surface area contributed by atoms with Gasteiger partial charge in [-0.3, -0.25) is 4.90 Å². The van der Waals surface area contributed by atoms with E-state index in [1.54, 1.807) is 0 Å². The van der Waals surface area contributed by atoms with Crippen LogP contribution in [0.5, 0.6) is 11.5 Å². The number of fused-ring (bicyclic) bond motifs is 1. The van der Waals surface area contributed by atoms with Gasteiger partial charge >= 0.3 is 0 Å². The van der Waals surface area contributed by atoms with Gasteiger partial charge in [0.15, 0.2) is 11.5 Å². The molecule has 1 fully saturated rings. The minimum absolute atomic E-state index is 0.207. The zero-order valence-corrected chi connectivity index (χ0v) is 19.1. The maximum absolute atomic E-state index is 9.84. The van der Waals surface area contributed by atoms with Crippen LogP contribution in [0.25, 0.3) is 28.4 Å². The van der Waals surface area contributed by atoms with Crippen LogP contribution in [0.2, 0.25) is 0 Å². The van der Waals surface area contributed by atoms with Gasteiger partial charge < -0.3 is 19.1 Å². The lowest BCUT2D eigenvalue weighted by Crippen LogP contribution is -2.23. The van der Waals surface area contributed by atoms with Crippen molar-refractivity contribution in [3.8, 4) is 34.3 Å². The van der Waals surface area contributed by atoms with E-state index in [-0.39, 0.29) is 6.10 Å². The Hall–Kier alpha value is -3.16. The molecule has 0 radical (unpaired) electrons. The van der Waals surface area contributed by atoms with Crippen LogP contribution in [0.15, 0.2) is 47.0 Å². The maximum Gasteiger partial charge on any atom is 0.258 e. The molecule has 7 heteroatoms. The van der Waals surface area contributed by atoms with E-state index in [4.69, 9.17) is 14.0 Å². The summed E-state index contributed by atoms with van der Waals surface area (Å²) in [4.78, 5) is 6.97. The first-order valence-electron chi connectivity index (χ1n) is 11.6. The SMILES string of the molecule is CCOc1ccc(-c2nc(-c3ccc4c(c3)C(CN3CC[C@H](O)C3)=CC4)no2)cc1OCC. The van der Waals surface area contributed by atoms with Crippen molar-refractivity contribution in [1.29, 1.82) is 0 Å². The predicted molar refractivity (Wildman–Crippen MR) is 126 cm³/mol. The monoisotopic (exact) mass is 447 g/mol. The van der Waals surface area contributed by atoms with Crippen LogP contribution in [0.4, 0.5) is 0 Å². The summed E-state index contributed by atoms with van der Waals surface area (Å²) in [5, 5.41) is 14.1. The summed E-state index contributed by atoms with van der Waals surface area (Å²) in [6.07, 6.45) is 3.87. The van der Waals surface area contributed by atoms with Crippen molar-refractivity contribution >= 4 is 5.57 Å². The summed E-state index contributed by atoms with van der Waals surface area (Å²) >= 11 is 0. The van der Waals surface area contributed by atoms with Gasteiger partial charge in [0, 0.05) is 30.8 Å². The standard InChI is InChI=1S/C26H29N3O4/c1-3-31-23-10-9-19(14-24(23)32-4-2)26-27-25(28-33-26)18-7-5-17-6-8-20(22(17)13-18)15-29-12-11-21(30)16-29/h5,7-10,13-14,21,30H,3-4,6,11-12,15-16H2,1-2H3/t21-/m0/s1. The summed E-state index contributed by atoms with van der Waals surface area (Å²) in [7, 11) is 0. The molecule has 172 valence electrons. The molecule has 1 saturated heterocycles. The Kier molecular flexibility index (Phi) is 6.15. The Balaban J connectivity index is 1.38. The molecular formula is C26H29N3O4. The highest BCUT2D eigenvalue weighted by Crippen LogP contribution is 2.35. The molecular weight excluding hydrogens is 418 g/mol. The van der Waals surface area contributed by atoms with Gasteiger partial charge in [-0.15, -0.1) is 0 Å². The first-order valence-corrected chi connectivity index (χ1v) is 11.6. The molecule has 1 aliphatic carbocycles. The quantitative estimate of drug-likeness (QED) is 0.554. The highest BCUT2D eigenvalue weighted by atomic mass is 16.5. The van der Waals surface area contributed by atoms with Crippen LogP contribution in [0.1, 0.15) is 31.4 Å². The number of aromatic nitrogens is 2. The molecule has 5 rings (SSSR count). The fourth-order valence-electron chi connectivity index (χ4n) is 4.52. The minimum Gasteiger partial charge on any atom is -0.490 e. The van der Waals surface area contributed by atoms with Crippen molar-refractivity contribution in [2.45, 2.75) is 32.8 Å². The summed E-state index contributed by atoms with van der Waals surface area (Å²) in [6.45, 7) is 7.53. The Bertz CT molecular complexity index is 1170. The Morgan fingerprint density at radius 1 is 1.06 bits per heavy atom. The van der Waals surface area contributed by atoms with Crippen molar-refractivity contribution in [1.82, 2.24) is 15.0 Å². The third-order valence-corrected chi connectivity index (χ3v) is 6.14. The summed E-state index contributed by atoms with van der Waals surface area (Å²) in [5.41, 5.74) is 5.56. The van der Waals surface area contributed by atoms with Crippen molar-refractivity contribution in [2.24, 2.45) is 0 Å². The van der Waals surface area contributed by atoms with Crippen LogP contribution in [-0.4, -0.2) is 59.1 Å². The van der Waals surface area contributed by atoms with Gasteiger partial charge in [0.1, 0.15) is 0 Å². The number of nitrogens with zero attached hydrogens (tertiary/aromatic N) is 3. The number of aliphatic hydroxyl groups is 1. The van der Waals surface area contributed by atoms with E-state index >= 15 is 0 Å². The molecule has 33 heavy (non-hydrogen) atoms. The number of hydrogen-bond acceptors (Lipinski definition) is 7. The molecule has 0 bridgehead atoms. The van der Waals surface area contributed by atoms with Crippen molar-refractivity contribution < 1.29 is 19.1 Å². The number of likely N-dealkylation sites (tertiary alicyclic amines) is 1. The van der Waals surface area contributed by atoms with E-state index in [1.165, 1.54) is 16.7 Å². The van der Waals surface area contributed by atoms with Gasteiger partial charge in [-0.05, 0) is 67.7 Å². The van der Waals surface area contributed by atoms with Crippen molar-refractivity contribution in [3.05, 3.63) is 53.6 Å². The Morgan fingerprint density at radius 3 is 2.67 bits per heavy atom. The third-order valence-electron chi connectivity index (χ3n) is 6.14. The lowest BCUT2D eigenvalue weighted by Gasteiger charge is -2.16. The largest absolute Gasteiger partial charge is 0.490 e. The van der Waals surface area contributed by atoms with Crippen LogP contribution in [0, 0.1) is 0 Å². The molecule has 1 aliphatic heterocycles. The van der Waals surface area contributed by atoms with E-state index in [9.17, 15) is 5.11 Å². The second-order valence-electron chi connectivity index (χ2n) is 8.43. The van der Waals surface area contributed by atoms with Crippen LogP contribution < -0.4 is 9.47 Å².